The van der Waals surface area contributed by atoms with Gasteiger partial charge in [-0.3, -0.25) is 0 Å². The molecule has 0 saturated carbocycles. The lowest BCUT2D eigenvalue weighted by molar-refractivity contribution is -0.913. The van der Waals surface area contributed by atoms with E-state index in [0.717, 1.165) is 11.0 Å². The highest BCUT2D eigenvalue weighted by Gasteiger charge is 2.21. The first kappa shape index (κ1) is 13.8. The minimum Gasteiger partial charge on any atom is -1.00 e. The zero-order valence-corrected chi connectivity index (χ0v) is 10.4. The van der Waals surface area contributed by atoms with Crippen LogP contribution in [0.3, 0.4) is 0 Å². The first-order valence-electron chi connectivity index (χ1n) is 4.53. The van der Waals surface area contributed by atoms with E-state index < -0.39 is 0 Å². The fourth-order valence-electron chi connectivity index (χ4n) is 1.18. The maximum atomic E-state index is 6.09. The van der Waals surface area contributed by atoms with Crippen molar-refractivity contribution in [3.05, 3.63) is 35.9 Å². The number of quaternary nitrogens is 1. The number of hydrogen-bond acceptors (Lipinski definition) is 0. The molecule has 0 aromatic heterocycles. The summed E-state index contributed by atoms with van der Waals surface area (Å²) in [5, 5.41) is 0. The number of halogens is 2. The Bertz CT molecular complexity index is 257. The molecule has 0 spiro atoms. The molecule has 1 rings (SSSR count). The number of benzene rings is 1. The van der Waals surface area contributed by atoms with Crippen LogP contribution in [-0.4, -0.2) is 24.1 Å². The van der Waals surface area contributed by atoms with E-state index in [0.29, 0.717) is 0 Å². The van der Waals surface area contributed by atoms with Crippen molar-refractivity contribution in [1.82, 2.24) is 0 Å². The highest BCUT2D eigenvalue weighted by molar-refractivity contribution is 6.19. The zero-order valence-electron chi connectivity index (χ0n) is 8.87. The fraction of sp³-hybridized carbons (Fsp3) is 0.455. The summed E-state index contributed by atoms with van der Waals surface area (Å²) in [4.78, 5) is 0. The molecule has 1 aromatic rings. The monoisotopic (exact) mass is 233 g/mol. The summed E-state index contributed by atoms with van der Waals surface area (Å²) >= 11 is 6.09. The molecule has 1 aromatic carbocycles. The zero-order chi connectivity index (χ0) is 9.90. The average molecular weight is 234 g/mol. The molecule has 80 valence electrons. The van der Waals surface area contributed by atoms with Gasteiger partial charge in [-0.2, -0.15) is 0 Å². The van der Waals surface area contributed by atoms with Crippen LogP contribution in [0.15, 0.2) is 30.3 Å². The standard InChI is InChI=1S/C11H17ClN.ClH/c1-10(12)13(2,3)9-11-7-5-4-6-8-11;/h4-8,10H,9H2,1-3H3;1H/q+1;/p-1. The van der Waals surface area contributed by atoms with Crippen molar-refractivity contribution in [2.75, 3.05) is 14.1 Å². The van der Waals surface area contributed by atoms with Gasteiger partial charge in [-0.1, -0.05) is 41.9 Å². The summed E-state index contributed by atoms with van der Waals surface area (Å²) < 4.78 is 0.811. The predicted octanol–water partition coefficient (Wildman–Crippen LogP) is -0.148. The SMILES string of the molecule is CC(Cl)[N+](C)(C)Cc1ccccc1.[Cl-]. The van der Waals surface area contributed by atoms with Gasteiger partial charge in [0, 0.05) is 12.5 Å². The lowest BCUT2D eigenvalue weighted by Gasteiger charge is -2.32. The van der Waals surface area contributed by atoms with Crippen LogP contribution in [-0.2, 0) is 6.54 Å². The largest absolute Gasteiger partial charge is 1.00 e. The molecule has 0 N–H and O–H groups in total. The Morgan fingerprint density at radius 1 is 1.21 bits per heavy atom. The van der Waals surface area contributed by atoms with Crippen molar-refractivity contribution in [3.8, 4) is 0 Å². The van der Waals surface area contributed by atoms with E-state index in [9.17, 15) is 0 Å². The van der Waals surface area contributed by atoms with Crippen LogP contribution in [0, 0.1) is 0 Å². The molecule has 0 heterocycles. The Morgan fingerprint density at radius 3 is 2.14 bits per heavy atom. The summed E-state index contributed by atoms with van der Waals surface area (Å²) in [6.07, 6.45) is 0. The molecule has 14 heavy (non-hydrogen) atoms. The maximum Gasteiger partial charge on any atom is 0.161 e. The molecule has 0 aliphatic carbocycles. The molecule has 1 nitrogen and oxygen atoms in total. The third-order valence-electron chi connectivity index (χ3n) is 2.40. The Kier molecular flexibility index (Phi) is 5.50. The second-order valence-electron chi connectivity index (χ2n) is 4.00. The van der Waals surface area contributed by atoms with Crippen molar-refractivity contribution >= 4 is 11.6 Å². The molecular weight excluding hydrogens is 217 g/mol. The third kappa shape index (κ3) is 3.87. The quantitative estimate of drug-likeness (QED) is 0.388. The Balaban J connectivity index is 0.00000169. The van der Waals surface area contributed by atoms with Gasteiger partial charge in [0.15, 0.2) is 5.50 Å². The van der Waals surface area contributed by atoms with Crippen LogP contribution in [0.25, 0.3) is 0 Å². The van der Waals surface area contributed by atoms with Crippen LogP contribution in [0.4, 0.5) is 0 Å². The van der Waals surface area contributed by atoms with Gasteiger partial charge in [0.25, 0.3) is 0 Å². The third-order valence-corrected chi connectivity index (χ3v) is 2.92. The van der Waals surface area contributed by atoms with Gasteiger partial charge >= 0.3 is 0 Å². The molecule has 1 atom stereocenters. The first-order valence-corrected chi connectivity index (χ1v) is 4.97. The minimum absolute atomic E-state index is 0. The van der Waals surface area contributed by atoms with Crippen LogP contribution in [0.5, 0.6) is 0 Å². The summed E-state index contributed by atoms with van der Waals surface area (Å²) in [6.45, 7) is 3.01. The van der Waals surface area contributed by atoms with Gasteiger partial charge in [0.2, 0.25) is 0 Å². The van der Waals surface area contributed by atoms with Gasteiger partial charge in [0.05, 0.1) is 14.1 Å². The second-order valence-corrected chi connectivity index (χ2v) is 4.63. The molecule has 0 radical (unpaired) electrons. The summed E-state index contributed by atoms with van der Waals surface area (Å²) in [5.74, 6) is 0. The van der Waals surface area contributed by atoms with E-state index >= 15 is 0 Å². The van der Waals surface area contributed by atoms with Crippen LogP contribution in [0.2, 0.25) is 0 Å². The maximum absolute atomic E-state index is 6.09. The van der Waals surface area contributed by atoms with Gasteiger partial charge in [-0.05, 0) is 0 Å². The van der Waals surface area contributed by atoms with E-state index in [1.54, 1.807) is 0 Å². The van der Waals surface area contributed by atoms with Crippen molar-refractivity contribution in [1.29, 1.82) is 0 Å². The van der Waals surface area contributed by atoms with Gasteiger partial charge in [-0.25, -0.2) is 0 Å². The van der Waals surface area contributed by atoms with Crippen molar-refractivity contribution in [2.24, 2.45) is 0 Å². The predicted molar refractivity (Wildman–Crippen MR) is 57.6 cm³/mol. The topological polar surface area (TPSA) is 0 Å². The van der Waals surface area contributed by atoms with Crippen LogP contribution in [0.1, 0.15) is 12.5 Å². The Morgan fingerprint density at radius 2 is 1.71 bits per heavy atom. The smallest absolute Gasteiger partial charge is 0.161 e. The van der Waals surface area contributed by atoms with Crippen molar-refractivity contribution < 1.29 is 16.9 Å². The van der Waals surface area contributed by atoms with E-state index in [4.69, 9.17) is 11.6 Å². The number of hydrogen-bond donors (Lipinski definition) is 0. The molecule has 1 unspecified atom stereocenters. The van der Waals surface area contributed by atoms with E-state index in [1.165, 1.54) is 5.56 Å². The van der Waals surface area contributed by atoms with E-state index in [-0.39, 0.29) is 17.9 Å². The molecule has 3 heteroatoms. The minimum atomic E-state index is 0. The van der Waals surface area contributed by atoms with Crippen LogP contribution >= 0.6 is 11.6 Å². The molecule has 0 bridgehead atoms. The lowest BCUT2D eigenvalue weighted by Crippen LogP contribution is -3.00. The van der Waals surface area contributed by atoms with Crippen LogP contribution < -0.4 is 12.4 Å². The highest BCUT2D eigenvalue weighted by atomic mass is 35.5. The Hall–Kier alpha value is -0.240. The first-order chi connectivity index (χ1) is 6.02. The van der Waals surface area contributed by atoms with Crippen molar-refractivity contribution in [2.45, 2.75) is 19.0 Å². The second kappa shape index (κ2) is 5.59. The summed E-state index contributed by atoms with van der Waals surface area (Å²) in [5.41, 5.74) is 1.47. The normalized spacial score (nSPS) is 13.1. The number of alkyl halides is 1. The van der Waals surface area contributed by atoms with Gasteiger partial charge in [0.1, 0.15) is 6.54 Å². The molecule has 0 aliphatic heterocycles. The molecule has 0 fully saturated rings. The summed E-state index contributed by atoms with van der Waals surface area (Å²) in [7, 11) is 4.29. The van der Waals surface area contributed by atoms with E-state index in [2.05, 4.69) is 38.4 Å². The lowest BCUT2D eigenvalue weighted by atomic mass is 10.2. The molecule has 0 aliphatic rings. The molecular formula is C11H17Cl2N. The van der Waals surface area contributed by atoms with Gasteiger partial charge < -0.3 is 16.9 Å². The molecule has 0 saturated heterocycles. The van der Waals surface area contributed by atoms with E-state index in [1.807, 2.05) is 13.0 Å². The average Bonchev–Trinajstić information content (AvgIpc) is 2.05. The Labute approximate surface area is 97.7 Å². The number of nitrogens with zero attached hydrogens (tertiary/aromatic N) is 1. The van der Waals surface area contributed by atoms with Gasteiger partial charge in [-0.15, -0.1) is 0 Å². The molecule has 0 amide bonds. The highest BCUT2D eigenvalue weighted by Crippen LogP contribution is 2.15. The van der Waals surface area contributed by atoms with Crippen molar-refractivity contribution in [3.63, 3.8) is 0 Å². The number of rotatable bonds is 3. The summed E-state index contributed by atoms with van der Waals surface area (Å²) in [6, 6.07) is 10.4. The fourth-order valence-corrected chi connectivity index (χ4v) is 1.25.